The summed E-state index contributed by atoms with van der Waals surface area (Å²) >= 11 is 7.65. The first kappa shape index (κ1) is 35.6. The SMILES string of the molecule is CN1CCN(C2CCN(C(=O)[C@@H](Cc3cc(Cl)c(N)c(C(F)(F)F)c3)OC(=O)N3CCC(N4CCc5cscc5NC4=O)CC3)CC2)CC1. The number of nitrogens with one attached hydrogen (secondary N) is 1. The maximum Gasteiger partial charge on any atom is 0.418 e. The van der Waals surface area contributed by atoms with Gasteiger partial charge in [0.2, 0.25) is 0 Å². The zero-order chi connectivity index (χ0) is 34.9. The molecule has 2 aromatic rings. The Morgan fingerprint density at radius 3 is 2.31 bits per heavy atom. The van der Waals surface area contributed by atoms with E-state index < -0.39 is 35.5 Å². The highest BCUT2D eigenvalue weighted by Gasteiger charge is 2.38. The molecule has 1 atom stereocenters. The standard InChI is InChI=1S/C33H43ClF3N7O4S/c1-40-12-14-41(15-13-40)23-3-7-42(8-4-23)30(45)28(18-21-16-25(33(35,36)37)29(38)26(34)17-21)48-32(47)43-9-5-24(6-10-43)44-11-2-22-19-49-20-27(22)39-31(44)46/h16-17,19-20,23-24,28H,2-15,18,38H2,1H3,(H,39,46)/t28-/m1/s1. The van der Waals surface area contributed by atoms with Crippen LogP contribution in [0.2, 0.25) is 5.02 Å². The first-order valence-corrected chi connectivity index (χ1v) is 18.1. The van der Waals surface area contributed by atoms with Gasteiger partial charge >= 0.3 is 18.3 Å². The molecule has 0 aliphatic carbocycles. The van der Waals surface area contributed by atoms with Crippen molar-refractivity contribution in [2.24, 2.45) is 0 Å². The number of thiophene rings is 1. The minimum atomic E-state index is -4.76. The van der Waals surface area contributed by atoms with E-state index in [1.165, 1.54) is 11.0 Å². The minimum Gasteiger partial charge on any atom is -0.436 e. The van der Waals surface area contributed by atoms with E-state index in [0.29, 0.717) is 51.6 Å². The summed E-state index contributed by atoms with van der Waals surface area (Å²) in [5.41, 5.74) is 5.98. The van der Waals surface area contributed by atoms with Crippen LogP contribution in [0.3, 0.4) is 0 Å². The summed E-state index contributed by atoms with van der Waals surface area (Å²) in [6, 6.07) is 2.25. The first-order chi connectivity index (χ1) is 23.4. The number of hydrogen-bond acceptors (Lipinski definition) is 8. The Morgan fingerprint density at radius 1 is 0.980 bits per heavy atom. The van der Waals surface area contributed by atoms with Gasteiger partial charge in [0.15, 0.2) is 6.10 Å². The number of rotatable bonds is 6. The molecule has 1 aromatic carbocycles. The fraction of sp³-hybridized carbons (Fsp3) is 0.606. The van der Waals surface area contributed by atoms with Crippen molar-refractivity contribution in [2.75, 3.05) is 77.0 Å². The normalized spacial score (nSPS) is 21.2. The molecule has 0 radical (unpaired) electrons. The number of carbonyl (C=O) groups is 3. The van der Waals surface area contributed by atoms with Crippen molar-refractivity contribution in [2.45, 2.75) is 62.9 Å². The Morgan fingerprint density at radius 2 is 1.63 bits per heavy atom. The molecule has 4 amide bonds. The lowest BCUT2D eigenvalue weighted by atomic mass is 9.99. The van der Waals surface area contributed by atoms with Gasteiger partial charge in [-0.25, -0.2) is 9.59 Å². The quantitative estimate of drug-likeness (QED) is 0.410. The molecule has 3 N–H and O–H groups in total. The van der Waals surface area contributed by atoms with E-state index in [2.05, 4.69) is 22.2 Å². The average molecular weight is 726 g/mol. The lowest BCUT2D eigenvalue weighted by Gasteiger charge is -2.42. The van der Waals surface area contributed by atoms with Crippen molar-refractivity contribution in [3.8, 4) is 0 Å². The van der Waals surface area contributed by atoms with Crippen molar-refractivity contribution in [1.29, 1.82) is 0 Å². The molecule has 4 aliphatic rings. The number of urea groups is 1. The Kier molecular flexibility index (Phi) is 10.8. The maximum atomic E-state index is 14.0. The van der Waals surface area contributed by atoms with Gasteiger partial charge in [0.05, 0.1) is 22.0 Å². The van der Waals surface area contributed by atoms with E-state index in [1.54, 1.807) is 16.2 Å². The third-order valence-electron chi connectivity index (χ3n) is 10.3. The van der Waals surface area contributed by atoms with Crippen LogP contribution in [0.25, 0.3) is 0 Å². The number of anilines is 2. The van der Waals surface area contributed by atoms with E-state index in [1.807, 2.05) is 15.7 Å². The number of carbonyl (C=O) groups excluding carboxylic acids is 3. The number of likely N-dealkylation sites (N-methyl/N-ethyl adjacent to an activating group) is 1. The van der Waals surface area contributed by atoms with E-state index in [9.17, 15) is 27.6 Å². The molecular formula is C33H43ClF3N7O4S. The van der Waals surface area contributed by atoms with Gasteiger partial charge in [-0.05, 0) is 67.8 Å². The Bertz CT molecular complexity index is 1520. The molecule has 4 aliphatic heterocycles. The third-order valence-corrected chi connectivity index (χ3v) is 11.4. The van der Waals surface area contributed by atoms with Crippen LogP contribution in [0.5, 0.6) is 0 Å². The van der Waals surface area contributed by atoms with Crippen LogP contribution in [-0.2, 0) is 28.5 Å². The van der Waals surface area contributed by atoms with Gasteiger partial charge in [-0.3, -0.25) is 9.69 Å². The molecule has 0 spiro atoms. The number of nitrogen functional groups attached to an aromatic ring is 1. The number of nitrogens with zero attached hydrogens (tertiary/aromatic N) is 5. The fourth-order valence-electron chi connectivity index (χ4n) is 7.32. The van der Waals surface area contributed by atoms with Crippen molar-refractivity contribution >= 4 is 52.3 Å². The second-order valence-corrected chi connectivity index (χ2v) is 14.6. The van der Waals surface area contributed by atoms with Crippen LogP contribution in [0.15, 0.2) is 22.9 Å². The highest BCUT2D eigenvalue weighted by molar-refractivity contribution is 7.08. The summed E-state index contributed by atoms with van der Waals surface area (Å²) in [6.45, 7) is 5.98. The van der Waals surface area contributed by atoms with Gasteiger partial charge < -0.3 is 35.4 Å². The summed E-state index contributed by atoms with van der Waals surface area (Å²) in [5.74, 6) is -0.449. The first-order valence-electron chi connectivity index (χ1n) is 16.8. The number of piperidine rings is 2. The highest BCUT2D eigenvalue weighted by atomic mass is 35.5. The molecule has 0 saturated carbocycles. The number of ether oxygens (including phenoxy) is 1. The molecule has 11 nitrogen and oxygen atoms in total. The molecule has 49 heavy (non-hydrogen) atoms. The van der Waals surface area contributed by atoms with Crippen molar-refractivity contribution in [3.05, 3.63) is 44.6 Å². The van der Waals surface area contributed by atoms with Crippen LogP contribution in [-0.4, -0.2) is 127 Å². The fourth-order valence-corrected chi connectivity index (χ4v) is 8.39. The predicted octanol–water partition coefficient (Wildman–Crippen LogP) is 4.84. The van der Waals surface area contributed by atoms with Crippen molar-refractivity contribution in [3.63, 3.8) is 0 Å². The maximum absolute atomic E-state index is 14.0. The van der Waals surface area contributed by atoms with E-state index in [-0.39, 0.29) is 29.1 Å². The number of benzene rings is 1. The topological polar surface area (TPSA) is 115 Å². The monoisotopic (exact) mass is 725 g/mol. The number of hydrogen-bond donors (Lipinski definition) is 2. The van der Waals surface area contributed by atoms with Crippen LogP contribution < -0.4 is 11.1 Å². The van der Waals surface area contributed by atoms with E-state index in [0.717, 1.165) is 62.8 Å². The molecule has 6 rings (SSSR count). The van der Waals surface area contributed by atoms with Gasteiger partial charge in [-0.2, -0.15) is 13.2 Å². The zero-order valence-electron chi connectivity index (χ0n) is 27.5. The van der Waals surface area contributed by atoms with Gasteiger partial charge in [0, 0.05) is 82.8 Å². The van der Waals surface area contributed by atoms with E-state index >= 15 is 0 Å². The molecule has 5 heterocycles. The van der Waals surface area contributed by atoms with Gasteiger partial charge in [0.1, 0.15) is 0 Å². The summed E-state index contributed by atoms with van der Waals surface area (Å²) in [6.07, 6.45) is -3.83. The number of piperazine rings is 1. The predicted molar refractivity (Wildman–Crippen MR) is 182 cm³/mol. The molecule has 0 unspecified atom stereocenters. The van der Waals surface area contributed by atoms with Crippen LogP contribution >= 0.6 is 22.9 Å². The molecule has 0 bridgehead atoms. The zero-order valence-corrected chi connectivity index (χ0v) is 29.1. The van der Waals surface area contributed by atoms with E-state index in [4.69, 9.17) is 22.1 Å². The largest absolute Gasteiger partial charge is 0.436 e. The second kappa shape index (κ2) is 14.9. The minimum absolute atomic E-state index is 0.0755. The lowest BCUT2D eigenvalue weighted by molar-refractivity contribution is -0.142. The highest BCUT2D eigenvalue weighted by Crippen LogP contribution is 2.38. The van der Waals surface area contributed by atoms with Gasteiger partial charge in [-0.15, -0.1) is 11.3 Å². The second-order valence-electron chi connectivity index (χ2n) is 13.4. The number of amides is 4. The van der Waals surface area contributed by atoms with Crippen LogP contribution in [0.4, 0.5) is 34.1 Å². The van der Waals surface area contributed by atoms with Crippen molar-refractivity contribution < 1.29 is 32.3 Å². The number of halogens is 4. The number of fused-ring (bicyclic) bond motifs is 1. The van der Waals surface area contributed by atoms with Gasteiger partial charge in [0.25, 0.3) is 5.91 Å². The summed E-state index contributed by atoms with van der Waals surface area (Å²) in [5, 5.41) is 6.65. The average Bonchev–Trinajstić information content (AvgIpc) is 3.45. The summed E-state index contributed by atoms with van der Waals surface area (Å²) in [4.78, 5) is 50.2. The lowest BCUT2D eigenvalue weighted by Crippen LogP contribution is -2.54. The molecule has 3 saturated heterocycles. The summed E-state index contributed by atoms with van der Waals surface area (Å²) in [7, 11) is 2.10. The van der Waals surface area contributed by atoms with Gasteiger partial charge in [-0.1, -0.05) is 11.6 Å². The van der Waals surface area contributed by atoms with Crippen LogP contribution in [0, 0.1) is 0 Å². The summed E-state index contributed by atoms with van der Waals surface area (Å²) < 4.78 is 47.2. The number of alkyl halides is 3. The molecule has 3 fully saturated rings. The Labute approximate surface area is 293 Å². The molecule has 1 aromatic heterocycles. The smallest absolute Gasteiger partial charge is 0.418 e. The molecule has 16 heteroatoms. The Balaban J connectivity index is 1.12. The van der Waals surface area contributed by atoms with Crippen LogP contribution in [0.1, 0.15) is 42.4 Å². The molecular weight excluding hydrogens is 683 g/mol. The number of nitrogens with two attached hydrogens (primary N) is 1. The van der Waals surface area contributed by atoms with Crippen molar-refractivity contribution in [1.82, 2.24) is 24.5 Å². The molecule has 268 valence electrons. The number of likely N-dealkylation sites (tertiary alicyclic amines) is 2. The third kappa shape index (κ3) is 8.21. The Hall–Kier alpha value is -3.27.